The van der Waals surface area contributed by atoms with Crippen molar-refractivity contribution < 1.29 is 0 Å². The van der Waals surface area contributed by atoms with Crippen LogP contribution in [0, 0.1) is 6.92 Å². The van der Waals surface area contributed by atoms with Gasteiger partial charge in [0.15, 0.2) is 0 Å². The first-order chi connectivity index (χ1) is 10.7. The van der Waals surface area contributed by atoms with E-state index in [1.807, 2.05) is 18.2 Å². The molecule has 2 aliphatic rings. The van der Waals surface area contributed by atoms with E-state index in [2.05, 4.69) is 28.5 Å². The van der Waals surface area contributed by atoms with Crippen LogP contribution >= 0.6 is 22.9 Å². The largest absolute Gasteiger partial charge is 0.353 e. The van der Waals surface area contributed by atoms with Gasteiger partial charge in [-0.05, 0) is 31.2 Å². The van der Waals surface area contributed by atoms with Gasteiger partial charge >= 0.3 is 0 Å². The molecule has 2 aliphatic heterocycles. The van der Waals surface area contributed by atoms with Crippen LogP contribution in [0.5, 0.6) is 0 Å². The third kappa shape index (κ3) is 2.49. The first-order valence-corrected chi connectivity index (χ1v) is 8.62. The number of nitrogens with one attached hydrogen (secondary N) is 2. The van der Waals surface area contributed by atoms with E-state index in [0.29, 0.717) is 0 Å². The maximum atomic E-state index is 6.14. The first kappa shape index (κ1) is 14.1. The monoisotopic (exact) mass is 332 g/mol. The summed E-state index contributed by atoms with van der Waals surface area (Å²) in [6.07, 6.45) is 0. The number of amidine groups is 1. The van der Waals surface area contributed by atoms with Gasteiger partial charge in [-0.3, -0.25) is 0 Å². The molecule has 0 aliphatic carbocycles. The molecule has 114 valence electrons. The second-order valence-corrected chi connectivity index (χ2v) is 7.25. The molecule has 0 bridgehead atoms. The molecule has 2 N–H and O–H groups in total. The normalized spacial score (nSPS) is 17.2. The number of nitrogens with zero attached hydrogens (tertiary/aromatic N) is 2. The zero-order valence-electron chi connectivity index (χ0n) is 12.3. The molecule has 1 aromatic carbocycles. The van der Waals surface area contributed by atoms with Gasteiger partial charge in [-0.2, -0.15) is 0 Å². The van der Waals surface area contributed by atoms with Crippen LogP contribution in [0.4, 0.5) is 16.4 Å². The molecule has 1 fully saturated rings. The predicted octanol–water partition coefficient (Wildman–Crippen LogP) is 3.75. The van der Waals surface area contributed by atoms with Crippen LogP contribution < -0.4 is 10.6 Å². The summed E-state index contributed by atoms with van der Waals surface area (Å²) < 4.78 is 0. The topological polar surface area (TPSA) is 39.7 Å². The fourth-order valence-corrected chi connectivity index (χ4v) is 3.99. The number of thiophene rings is 1. The Morgan fingerprint density at radius 2 is 2.05 bits per heavy atom. The first-order valence-electron chi connectivity index (χ1n) is 7.42. The Morgan fingerprint density at radius 3 is 2.86 bits per heavy atom. The molecular weight excluding hydrogens is 316 g/mol. The van der Waals surface area contributed by atoms with Gasteiger partial charge < -0.3 is 15.5 Å². The smallest absolute Gasteiger partial charge is 0.139 e. The summed E-state index contributed by atoms with van der Waals surface area (Å²) in [5.74, 6) is 1.06. The quantitative estimate of drug-likeness (QED) is 0.772. The highest BCUT2D eigenvalue weighted by Gasteiger charge is 2.24. The van der Waals surface area contributed by atoms with E-state index in [9.17, 15) is 0 Å². The molecule has 0 amide bonds. The maximum absolute atomic E-state index is 6.14. The number of fused-ring (bicyclic) bond motifs is 2. The lowest BCUT2D eigenvalue weighted by Gasteiger charge is -2.30. The summed E-state index contributed by atoms with van der Waals surface area (Å²) in [7, 11) is 0. The minimum absolute atomic E-state index is 0.724. The molecular formula is C16H17ClN4S. The van der Waals surface area contributed by atoms with Gasteiger partial charge in [0.25, 0.3) is 0 Å². The molecule has 1 saturated heterocycles. The lowest BCUT2D eigenvalue weighted by molar-refractivity contribution is 0.358. The van der Waals surface area contributed by atoms with Crippen molar-refractivity contribution in [1.82, 2.24) is 10.2 Å². The van der Waals surface area contributed by atoms with Crippen molar-refractivity contribution in [2.45, 2.75) is 6.92 Å². The molecule has 0 radical (unpaired) electrons. The van der Waals surface area contributed by atoms with Crippen molar-refractivity contribution in [2.24, 2.45) is 4.99 Å². The number of halogens is 1. The van der Waals surface area contributed by atoms with Crippen LogP contribution in [0.3, 0.4) is 0 Å². The Hall–Kier alpha value is -1.56. The van der Waals surface area contributed by atoms with Crippen molar-refractivity contribution in [1.29, 1.82) is 0 Å². The van der Waals surface area contributed by atoms with E-state index in [1.54, 1.807) is 11.3 Å². The van der Waals surface area contributed by atoms with Crippen molar-refractivity contribution in [3.8, 4) is 0 Å². The summed E-state index contributed by atoms with van der Waals surface area (Å²) >= 11 is 7.91. The van der Waals surface area contributed by atoms with Crippen molar-refractivity contribution in [2.75, 3.05) is 31.5 Å². The standard InChI is InChI=1S/C16H17ClN4S/c1-10-8-12-15(21-6-4-18-5-7-21)19-13-3-2-11(17)9-14(13)20-16(12)22-10/h2-3,8-9,18,20H,4-7H2,1H3. The van der Waals surface area contributed by atoms with Gasteiger partial charge in [-0.25, -0.2) is 4.99 Å². The maximum Gasteiger partial charge on any atom is 0.139 e. The third-order valence-electron chi connectivity index (χ3n) is 3.95. The van der Waals surface area contributed by atoms with Crippen LogP contribution in [-0.4, -0.2) is 36.9 Å². The average molecular weight is 333 g/mol. The number of aryl methyl sites for hydroxylation is 1. The minimum atomic E-state index is 0.724. The number of piperazine rings is 1. The van der Waals surface area contributed by atoms with Crippen LogP contribution in [0.15, 0.2) is 29.3 Å². The van der Waals surface area contributed by atoms with E-state index in [0.717, 1.165) is 53.4 Å². The number of hydrogen-bond donors (Lipinski definition) is 2. The van der Waals surface area contributed by atoms with Gasteiger partial charge in [0.1, 0.15) is 10.8 Å². The number of benzene rings is 1. The number of hydrogen-bond acceptors (Lipinski definition) is 5. The van der Waals surface area contributed by atoms with Gasteiger partial charge in [0, 0.05) is 36.1 Å². The summed E-state index contributed by atoms with van der Waals surface area (Å²) in [6.45, 7) is 6.10. The highest BCUT2D eigenvalue weighted by atomic mass is 35.5. The second kappa shape index (κ2) is 5.57. The van der Waals surface area contributed by atoms with Crippen LogP contribution in [0.2, 0.25) is 5.02 Å². The molecule has 22 heavy (non-hydrogen) atoms. The van der Waals surface area contributed by atoms with Crippen LogP contribution in [0.25, 0.3) is 0 Å². The van der Waals surface area contributed by atoms with Crippen LogP contribution in [0.1, 0.15) is 10.4 Å². The van der Waals surface area contributed by atoms with Gasteiger partial charge in [-0.1, -0.05) is 11.6 Å². The Morgan fingerprint density at radius 1 is 1.23 bits per heavy atom. The van der Waals surface area contributed by atoms with Crippen molar-refractivity contribution >= 4 is 45.1 Å². The second-order valence-electron chi connectivity index (χ2n) is 5.56. The highest BCUT2D eigenvalue weighted by molar-refractivity contribution is 7.16. The molecule has 4 nitrogen and oxygen atoms in total. The third-order valence-corrected chi connectivity index (χ3v) is 5.15. The SMILES string of the molecule is Cc1cc2c(s1)Nc1cc(Cl)ccc1N=C2N1CCNCC1. The Bertz CT molecular complexity index is 747. The molecule has 2 aromatic rings. The fraction of sp³-hybridized carbons (Fsp3) is 0.312. The van der Waals surface area contributed by atoms with E-state index >= 15 is 0 Å². The zero-order valence-corrected chi connectivity index (χ0v) is 13.9. The van der Waals surface area contributed by atoms with E-state index in [-0.39, 0.29) is 0 Å². The predicted molar refractivity (Wildman–Crippen MR) is 94.4 cm³/mol. The highest BCUT2D eigenvalue weighted by Crippen LogP contribution is 2.40. The summed E-state index contributed by atoms with van der Waals surface area (Å²) in [6, 6.07) is 8.04. The van der Waals surface area contributed by atoms with Gasteiger partial charge in [0.2, 0.25) is 0 Å². The molecule has 6 heteroatoms. The van der Waals surface area contributed by atoms with E-state index in [1.165, 1.54) is 10.4 Å². The summed E-state index contributed by atoms with van der Waals surface area (Å²) in [5.41, 5.74) is 3.11. The Labute approximate surface area is 138 Å². The fourth-order valence-electron chi connectivity index (χ4n) is 2.89. The van der Waals surface area contributed by atoms with Gasteiger partial charge in [0.05, 0.1) is 16.9 Å². The Balaban J connectivity index is 1.86. The Kier molecular flexibility index (Phi) is 3.56. The van der Waals surface area contributed by atoms with E-state index < -0.39 is 0 Å². The van der Waals surface area contributed by atoms with Crippen molar-refractivity contribution in [3.63, 3.8) is 0 Å². The van der Waals surface area contributed by atoms with Gasteiger partial charge in [-0.15, -0.1) is 11.3 Å². The molecule has 0 atom stereocenters. The van der Waals surface area contributed by atoms with Crippen LogP contribution in [-0.2, 0) is 0 Å². The molecule has 0 spiro atoms. The number of rotatable bonds is 0. The number of anilines is 2. The molecule has 0 unspecified atom stereocenters. The van der Waals surface area contributed by atoms with E-state index in [4.69, 9.17) is 16.6 Å². The van der Waals surface area contributed by atoms with Crippen molar-refractivity contribution in [3.05, 3.63) is 39.7 Å². The molecule has 1 aromatic heterocycles. The summed E-state index contributed by atoms with van der Waals surface area (Å²) in [4.78, 5) is 8.61. The lowest BCUT2D eigenvalue weighted by Crippen LogP contribution is -2.46. The minimum Gasteiger partial charge on any atom is -0.353 e. The lowest BCUT2D eigenvalue weighted by atomic mass is 10.2. The molecule has 4 rings (SSSR count). The zero-order chi connectivity index (χ0) is 15.1. The summed E-state index contributed by atoms with van der Waals surface area (Å²) in [5, 5.41) is 8.78. The molecule has 3 heterocycles. The number of aliphatic imine (C=N–C) groups is 1. The average Bonchev–Trinajstić information content (AvgIpc) is 2.81. The molecule has 0 saturated carbocycles.